The van der Waals surface area contributed by atoms with E-state index in [0.29, 0.717) is 19.7 Å². The molecule has 0 aromatic heterocycles. The monoisotopic (exact) mass is 406 g/mol. The van der Waals surface area contributed by atoms with E-state index in [4.69, 9.17) is 9.47 Å². The molecule has 1 aliphatic heterocycles. The zero-order valence-corrected chi connectivity index (χ0v) is 17.9. The van der Waals surface area contributed by atoms with Crippen molar-refractivity contribution in [1.82, 2.24) is 8.61 Å². The quantitative estimate of drug-likeness (QED) is 0.707. The van der Waals surface area contributed by atoms with Gasteiger partial charge in [0.2, 0.25) is 0 Å². The number of fused-ring (bicyclic) bond motifs is 1. The van der Waals surface area contributed by atoms with Crippen molar-refractivity contribution < 1.29 is 17.9 Å². The molecule has 1 saturated heterocycles. The first-order valence-corrected chi connectivity index (χ1v) is 11.2. The fourth-order valence-corrected chi connectivity index (χ4v) is 5.13. The highest BCUT2D eigenvalue weighted by atomic mass is 32.2. The van der Waals surface area contributed by atoms with Crippen LogP contribution in [0.3, 0.4) is 0 Å². The Balaban J connectivity index is 1.92. The lowest BCUT2D eigenvalue weighted by Crippen LogP contribution is -2.52. The Kier molecular flexibility index (Phi) is 6.60. The van der Waals surface area contributed by atoms with E-state index >= 15 is 0 Å². The second-order valence-corrected chi connectivity index (χ2v) is 9.49. The van der Waals surface area contributed by atoms with Gasteiger partial charge in [-0.2, -0.15) is 17.0 Å². The van der Waals surface area contributed by atoms with Gasteiger partial charge < -0.3 is 9.47 Å². The fraction of sp³-hybridized carbons (Fsp3) is 0.524. The van der Waals surface area contributed by atoms with Crippen molar-refractivity contribution in [3.8, 4) is 5.75 Å². The predicted octanol–water partition coefficient (Wildman–Crippen LogP) is 3.41. The molecular weight excluding hydrogens is 376 g/mol. The lowest BCUT2D eigenvalue weighted by molar-refractivity contribution is -0.0453. The van der Waals surface area contributed by atoms with E-state index < -0.39 is 10.2 Å². The predicted molar refractivity (Wildman–Crippen MR) is 112 cm³/mol. The van der Waals surface area contributed by atoms with Gasteiger partial charge in [0.05, 0.1) is 18.8 Å². The molecule has 1 heterocycles. The molecule has 2 aromatic rings. The minimum absolute atomic E-state index is 0.118. The smallest absolute Gasteiger partial charge is 0.282 e. The Morgan fingerprint density at radius 1 is 1.14 bits per heavy atom. The first kappa shape index (κ1) is 21.0. The van der Waals surface area contributed by atoms with E-state index in [1.807, 2.05) is 50.2 Å². The Morgan fingerprint density at radius 3 is 2.50 bits per heavy atom. The maximum absolute atomic E-state index is 13.2. The topological polar surface area (TPSA) is 59.1 Å². The highest BCUT2D eigenvalue weighted by Crippen LogP contribution is 2.30. The Hall–Kier alpha value is -1.67. The first-order valence-electron chi connectivity index (χ1n) is 9.83. The van der Waals surface area contributed by atoms with E-state index in [2.05, 4.69) is 6.92 Å². The zero-order valence-electron chi connectivity index (χ0n) is 17.1. The average molecular weight is 407 g/mol. The summed E-state index contributed by atoms with van der Waals surface area (Å²) in [6.45, 7) is 7.44. The van der Waals surface area contributed by atoms with E-state index in [0.717, 1.165) is 28.5 Å². The van der Waals surface area contributed by atoms with Crippen molar-refractivity contribution in [3.05, 3.63) is 42.0 Å². The molecule has 0 amide bonds. The van der Waals surface area contributed by atoms with Crippen LogP contribution in [0.15, 0.2) is 36.4 Å². The SMILES string of the molecule is CCCOc1ccc2ccccc2c1CN(C)S(=O)(=O)N1C[C@@H](C)O[C@H](C)C1. The number of rotatable bonds is 7. The lowest BCUT2D eigenvalue weighted by atomic mass is 10.0. The number of morpholine rings is 1. The summed E-state index contributed by atoms with van der Waals surface area (Å²) < 4.78 is 40.9. The summed E-state index contributed by atoms with van der Waals surface area (Å²) in [6, 6.07) is 12.0. The van der Waals surface area contributed by atoms with Crippen molar-refractivity contribution in [2.24, 2.45) is 0 Å². The van der Waals surface area contributed by atoms with Crippen LogP contribution in [-0.4, -0.2) is 56.0 Å². The van der Waals surface area contributed by atoms with Gasteiger partial charge in [-0.05, 0) is 37.1 Å². The van der Waals surface area contributed by atoms with Gasteiger partial charge in [-0.1, -0.05) is 37.3 Å². The van der Waals surface area contributed by atoms with E-state index in [1.165, 1.54) is 8.61 Å². The molecule has 2 atom stereocenters. The minimum atomic E-state index is -3.60. The standard InChI is InChI=1S/C21H30N2O4S/c1-5-12-26-21-11-10-18-8-6-7-9-19(18)20(21)15-22(4)28(24,25)23-13-16(2)27-17(3)14-23/h6-11,16-17H,5,12-15H2,1-4H3/t16-,17-/m1/s1. The summed E-state index contributed by atoms with van der Waals surface area (Å²) >= 11 is 0. The maximum Gasteiger partial charge on any atom is 0.282 e. The third-order valence-corrected chi connectivity index (χ3v) is 6.81. The Morgan fingerprint density at radius 2 is 1.82 bits per heavy atom. The zero-order chi connectivity index (χ0) is 20.3. The normalized spacial score (nSPS) is 21.3. The average Bonchev–Trinajstić information content (AvgIpc) is 2.66. The van der Waals surface area contributed by atoms with Crippen molar-refractivity contribution in [2.45, 2.75) is 45.9 Å². The van der Waals surface area contributed by atoms with Crippen LogP contribution in [0, 0.1) is 0 Å². The van der Waals surface area contributed by atoms with Crippen LogP contribution in [0.25, 0.3) is 10.8 Å². The third kappa shape index (κ3) is 4.49. The van der Waals surface area contributed by atoms with Gasteiger partial charge in [-0.3, -0.25) is 0 Å². The summed E-state index contributed by atoms with van der Waals surface area (Å²) in [5, 5.41) is 2.09. The number of benzene rings is 2. The molecule has 7 heteroatoms. The van der Waals surface area contributed by atoms with Crippen molar-refractivity contribution in [1.29, 1.82) is 0 Å². The van der Waals surface area contributed by atoms with Gasteiger partial charge in [0.25, 0.3) is 10.2 Å². The van der Waals surface area contributed by atoms with Gasteiger partial charge in [0.1, 0.15) is 5.75 Å². The molecule has 2 aromatic carbocycles. The second kappa shape index (κ2) is 8.78. The van der Waals surface area contributed by atoms with Gasteiger partial charge in [0.15, 0.2) is 0 Å². The lowest BCUT2D eigenvalue weighted by Gasteiger charge is -2.36. The first-order chi connectivity index (χ1) is 13.3. The van der Waals surface area contributed by atoms with Crippen LogP contribution in [0.2, 0.25) is 0 Å². The van der Waals surface area contributed by atoms with Crippen LogP contribution < -0.4 is 4.74 Å². The van der Waals surface area contributed by atoms with Gasteiger partial charge in [-0.25, -0.2) is 0 Å². The van der Waals surface area contributed by atoms with Crippen LogP contribution in [0.5, 0.6) is 5.75 Å². The summed E-state index contributed by atoms with van der Waals surface area (Å²) in [4.78, 5) is 0. The second-order valence-electron chi connectivity index (χ2n) is 7.45. The molecule has 0 bridgehead atoms. The van der Waals surface area contributed by atoms with Gasteiger partial charge >= 0.3 is 0 Å². The molecule has 1 aliphatic rings. The van der Waals surface area contributed by atoms with Crippen LogP contribution in [0.1, 0.15) is 32.8 Å². The molecule has 3 rings (SSSR count). The van der Waals surface area contributed by atoms with E-state index in [-0.39, 0.29) is 18.8 Å². The molecule has 28 heavy (non-hydrogen) atoms. The van der Waals surface area contributed by atoms with Crippen molar-refractivity contribution in [2.75, 3.05) is 26.7 Å². The molecular formula is C21H30N2O4S. The van der Waals surface area contributed by atoms with Gasteiger partial charge in [-0.15, -0.1) is 0 Å². The third-order valence-electron chi connectivity index (χ3n) is 4.95. The molecule has 0 saturated carbocycles. The van der Waals surface area contributed by atoms with Crippen LogP contribution >= 0.6 is 0 Å². The minimum Gasteiger partial charge on any atom is -0.493 e. The van der Waals surface area contributed by atoms with E-state index in [1.54, 1.807) is 7.05 Å². The largest absolute Gasteiger partial charge is 0.493 e. The molecule has 0 spiro atoms. The highest BCUT2D eigenvalue weighted by Gasteiger charge is 2.34. The maximum atomic E-state index is 13.2. The summed E-state index contributed by atoms with van der Waals surface area (Å²) in [5.74, 6) is 0.742. The van der Waals surface area contributed by atoms with E-state index in [9.17, 15) is 8.42 Å². The van der Waals surface area contributed by atoms with Crippen LogP contribution in [-0.2, 0) is 21.5 Å². The Bertz CT molecular complexity index is 906. The number of hydrogen-bond acceptors (Lipinski definition) is 4. The fourth-order valence-electron chi connectivity index (χ4n) is 3.65. The number of nitrogens with zero attached hydrogens (tertiary/aromatic N) is 2. The van der Waals surface area contributed by atoms with Crippen molar-refractivity contribution in [3.63, 3.8) is 0 Å². The van der Waals surface area contributed by atoms with Crippen LogP contribution in [0.4, 0.5) is 0 Å². The summed E-state index contributed by atoms with van der Waals surface area (Å²) in [6.07, 6.45) is 0.658. The molecule has 6 nitrogen and oxygen atoms in total. The van der Waals surface area contributed by atoms with Crippen molar-refractivity contribution >= 4 is 21.0 Å². The highest BCUT2D eigenvalue weighted by molar-refractivity contribution is 7.86. The molecule has 0 N–H and O–H groups in total. The number of ether oxygens (including phenoxy) is 2. The Labute approximate surface area is 168 Å². The summed E-state index contributed by atoms with van der Waals surface area (Å²) in [7, 11) is -1.97. The molecule has 0 aliphatic carbocycles. The molecule has 1 fully saturated rings. The van der Waals surface area contributed by atoms with Gasteiger partial charge in [0, 0.05) is 32.2 Å². The number of hydrogen-bond donors (Lipinski definition) is 0. The summed E-state index contributed by atoms with van der Waals surface area (Å²) in [5.41, 5.74) is 0.895. The molecule has 0 unspecified atom stereocenters. The molecule has 0 radical (unpaired) electrons. The molecule has 154 valence electrons.